The first-order valence-corrected chi connectivity index (χ1v) is 5.73. The molecular formula is C11H20O3. The van der Waals surface area contributed by atoms with Gasteiger partial charge >= 0.3 is 0 Å². The van der Waals surface area contributed by atoms with E-state index in [2.05, 4.69) is 6.92 Å². The van der Waals surface area contributed by atoms with Crippen molar-refractivity contribution in [2.24, 2.45) is 0 Å². The molecule has 3 nitrogen and oxygen atoms in total. The smallest absolute Gasteiger partial charge is 0.160 e. The summed E-state index contributed by atoms with van der Waals surface area (Å²) in [6.45, 7) is 3.45. The highest BCUT2D eigenvalue weighted by atomic mass is 16.7. The van der Waals surface area contributed by atoms with Crippen molar-refractivity contribution in [1.29, 1.82) is 0 Å². The number of ether oxygens (including phenoxy) is 3. The highest BCUT2D eigenvalue weighted by Crippen LogP contribution is 2.24. The minimum atomic E-state index is -0.0319. The van der Waals surface area contributed by atoms with Gasteiger partial charge in [-0.3, -0.25) is 0 Å². The van der Waals surface area contributed by atoms with E-state index < -0.39 is 0 Å². The number of rotatable bonds is 2. The van der Waals surface area contributed by atoms with E-state index in [0.29, 0.717) is 19.3 Å². The van der Waals surface area contributed by atoms with Crippen LogP contribution in [0.25, 0.3) is 0 Å². The highest BCUT2D eigenvalue weighted by molar-refractivity contribution is 4.69. The summed E-state index contributed by atoms with van der Waals surface area (Å²) in [6, 6.07) is 0. The van der Waals surface area contributed by atoms with E-state index in [1.54, 1.807) is 0 Å². The summed E-state index contributed by atoms with van der Waals surface area (Å²) >= 11 is 0. The number of hydrogen-bond acceptors (Lipinski definition) is 3. The Balaban J connectivity index is 1.77. The molecule has 1 saturated carbocycles. The third-order valence-corrected chi connectivity index (χ3v) is 2.96. The molecule has 1 heterocycles. The average molecular weight is 200 g/mol. The van der Waals surface area contributed by atoms with Gasteiger partial charge in [-0.25, -0.2) is 0 Å². The maximum absolute atomic E-state index is 5.90. The standard InChI is InChI=1S/C11H20O3/c1-9-8-11(13-7-6-12-9)14-10-4-2-3-5-10/h9-11H,2-8H2,1H3/t9-,11+/m1/s1. The molecule has 2 fully saturated rings. The minimum absolute atomic E-state index is 0.0319. The van der Waals surface area contributed by atoms with E-state index in [0.717, 1.165) is 6.42 Å². The quantitative estimate of drug-likeness (QED) is 0.683. The van der Waals surface area contributed by atoms with Crippen LogP contribution >= 0.6 is 0 Å². The largest absolute Gasteiger partial charge is 0.376 e. The second kappa shape index (κ2) is 5.10. The van der Waals surface area contributed by atoms with E-state index in [-0.39, 0.29) is 12.4 Å². The lowest BCUT2D eigenvalue weighted by Crippen LogP contribution is -2.25. The highest BCUT2D eigenvalue weighted by Gasteiger charge is 2.24. The van der Waals surface area contributed by atoms with Gasteiger partial charge in [0, 0.05) is 6.42 Å². The van der Waals surface area contributed by atoms with Gasteiger partial charge in [-0.05, 0) is 19.8 Å². The molecule has 82 valence electrons. The first-order chi connectivity index (χ1) is 6.84. The zero-order valence-electron chi connectivity index (χ0n) is 8.91. The Kier molecular flexibility index (Phi) is 3.79. The van der Waals surface area contributed by atoms with E-state index in [1.807, 2.05) is 0 Å². The Hall–Kier alpha value is -0.120. The van der Waals surface area contributed by atoms with Gasteiger partial charge in [0.15, 0.2) is 6.29 Å². The molecule has 0 radical (unpaired) electrons. The molecule has 0 spiro atoms. The molecule has 0 bridgehead atoms. The van der Waals surface area contributed by atoms with Gasteiger partial charge in [-0.2, -0.15) is 0 Å². The summed E-state index contributed by atoms with van der Waals surface area (Å²) in [7, 11) is 0. The summed E-state index contributed by atoms with van der Waals surface area (Å²) in [5, 5.41) is 0. The Morgan fingerprint density at radius 1 is 1.07 bits per heavy atom. The molecule has 1 saturated heterocycles. The van der Waals surface area contributed by atoms with Crippen LogP contribution in [0, 0.1) is 0 Å². The maximum Gasteiger partial charge on any atom is 0.160 e. The molecule has 2 atom stereocenters. The van der Waals surface area contributed by atoms with Gasteiger partial charge < -0.3 is 14.2 Å². The van der Waals surface area contributed by atoms with Crippen molar-refractivity contribution in [3.63, 3.8) is 0 Å². The monoisotopic (exact) mass is 200 g/mol. The molecule has 2 rings (SSSR count). The fraction of sp³-hybridized carbons (Fsp3) is 1.00. The molecule has 0 aromatic heterocycles. The molecule has 0 aromatic carbocycles. The lowest BCUT2D eigenvalue weighted by molar-refractivity contribution is -0.166. The predicted molar refractivity (Wildman–Crippen MR) is 53.1 cm³/mol. The molecule has 0 unspecified atom stereocenters. The fourth-order valence-electron chi connectivity index (χ4n) is 2.17. The maximum atomic E-state index is 5.90. The first kappa shape index (κ1) is 10.4. The predicted octanol–water partition coefficient (Wildman–Crippen LogP) is 2.10. The second-order valence-electron chi connectivity index (χ2n) is 4.26. The van der Waals surface area contributed by atoms with Crippen LogP contribution in [0.15, 0.2) is 0 Å². The molecule has 1 aliphatic heterocycles. The normalized spacial score (nSPS) is 35.8. The van der Waals surface area contributed by atoms with Gasteiger partial charge in [-0.15, -0.1) is 0 Å². The van der Waals surface area contributed by atoms with E-state index in [1.165, 1.54) is 25.7 Å². The van der Waals surface area contributed by atoms with Gasteiger partial charge in [0.05, 0.1) is 25.4 Å². The lowest BCUT2D eigenvalue weighted by Gasteiger charge is -2.21. The van der Waals surface area contributed by atoms with Crippen LogP contribution in [0.2, 0.25) is 0 Å². The summed E-state index contributed by atoms with van der Waals surface area (Å²) in [5.74, 6) is 0. The SMILES string of the molecule is C[C@@H]1C[C@H](OC2CCCC2)OCCO1. The summed E-state index contributed by atoms with van der Waals surface area (Å²) in [6.07, 6.45) is 6.57. The fourth-order valence-corrected chi connectivity index (χ4v) is 2.17. The van der Waals surface area contributed by atoms with E-state index >= 15 is 0 Å². The van der Waals surface area contributed by atoms with Crippen molar-refractivity contribution in [2.75, 3.05) is 13.2 Å². The Morgan fingerprint density at radius 2 is 1.79 bits per heavy atom. The van der Waals surface area contributed by atoms with Crippen LogP contribution in [0.3, 0.4) is 0 Å². The second-order valence-corrected chi connectivity index (χ2v) is 4.26. The Bertz CT molecular complexity index is 166. The van der Waals surface area contributed by atoms with Crippen LogP contribution < -0.4 is 0 Å². The first-order valence-electron chi connectivity index (χ1n) is 5.73. The van der Waals surface area contributed by atoms with Crippen LogP contribution in [0.4, 0.5) is 0 Å². The van der Waals surface area contributed by atoms with E-state index in [4.69, 9.17) is 14.2 Å². The van der Waals surface area contributed by atoms with Crippen molar-refractivity contribution in [3.05, 3.63) is 0 Å². The minimum Gasteiger partial charge on any atom is -0.376 e. The molecule has 14 heavy (non-hydrogen) atoms. The van der Waals surface area contributed by atoms with E-state index in [9.17, 15) is 0 Å². The third kappa shape index (κ3) is 2.94. The third-order valence-electron chi connectivity index (χ3n) is 2.96. The molecule has 3 heteroatoms. The lowest BCUT2D eigenvalue weighted by atomic mass is 10.2. The zero-order chi connectivity index (χ0) is 9.80. The van der Waals surface area contributed by atoms with Crippen LogP contribution in [-0.2, 0) is 14.2 Å². The van der Waals surface area contributed by atoms with Gasteiger partial charge in [-0.1, -0.05) is 12.8 Å². The molecule has 0 N–H and O–H groups in total. The molecule has 1 aliphatic carbocycles. The molecule has 0 amide bonds. The van der Waals surface area contributed by atoms with Crippen molar-refractivity contribution >= 4 is 0 Å². The van der Waals surface area contributed by atoms with Crippen molar-refractivity contribution in [1.82, 2.24) is 0 Å². The average Bonchev–Trinajstić information content (AvgIpc) is 2.56. The van der Waals surface area contributed by atoms with Gasteiger partial charge in [0.25, 0.3) is 0 Å². The Labute approximate surface area is 85.7 Å². The summed E-state index contributed by atoms with van der Waals surface area (Å²) in [4.78, 5) is 0. The summed E-state index contributed by atoms with van der Waals surface area (Å²) < 4.78 is 17.0. The van der Waals surface area contributed by atoms with Crippen molar-refractivity contribution in [3.8, 4) is 0 Å². The zero-order valence-corrected chi connectivity index (χ0v) is 8.91. The van der Waals surface area contributed by atoms with Crippen molar-refractivity contribution < 1.29 is 14.2 Å². The topological polar surface area (TPSA) is 27.7 Å². The van der Waals surface area contributed by atoms with Crippen LogP contribution in [0.5, 0.6) is 0 Å². The van der Waals surface area contributed by atoms with Crippen LogP contribution in [-0.4, -0.2) is 31.7 Å². The molecule has 2 aliphatic rings. The molecular weight excluding hydrogens is 180 g/mol. The van der Waals surface area contributed by atoms with Crippen molar-refractivity contribution in [2.45, 2.75) is 57.5 Å². The Morgan fingerprint density at radius 3 is 2.57 bits per heavy atom. The van der Waals surface area contributed by atoms with Crippen LogP contribution in [0.1, 0.15) is 39.0 Å². The molecule has 0 aromatic rings. The van der Waals surface area contributed by atoms with Gasteiger partial charge in [0.1, 0.15) is 0 Å². The summed E-state index contributed by atoms with van der Waals surface area (Å²) in [5.41, 5.74) is 0. The van der Waals surface area contributed by atoms with Gasteiger partial charge in [0.2, 0.25) is 0 Å². The number of hydrogen-bond donors (Lipinski definition) is 0.